The molecule has 75 valence electrons. The molecule has 1 fully saturated rings. The monoisotopic (exact) mass is 188 g/mol. The van der Waals surface area contributed by atoms with Gasteiger partial charge < -0.3 is 4.90 Å². The van der Waals surface area contributed by atoms with Gasteiger partial charge in [-0.3, -0.25) is 0 Å². The van der Waals surface area contributed by atoms with E-state index in [-0.39, 0.29) is 0 Å². The van der Waals surface area contributed by atoms with Crippen LogP contribution in [0.25, 0.3) is 0 Å². The maximum atomic E-state index is 3.19. The van der Waals surface area contributed by atoms with Crippen molar-refractivity contribution in [2.45, 2.75) is 26.7 Å². The van der Waals surface area contributed by atoms with Gasteiger partial charge in [0.25, 0.3) is 0 Å². The van der Waals surface area contributed by atoms with Gasteiger partial charge in [0.05, 0.1) is 0 Å². The normalized spacial score (nSPS) is 18.6. The summed E-state index contributed by atoms with van der Waals surface area (Å²) in [5, 5.41) is 0. The molecule has 0 atom stereocenters. The molecule has 0 saturated carbocycles. The highest BCUT2D eigenvalue weighted by Crippen LogP contribution is 2.23. The standard InChI is InChI=1S/C13H18N/c1-11-6-8-14(9-7-11)13-5-3-4-12(2)10-13/h3,5,10-11H,6-9H2,1-2H3. The van der Waals surface area contributed by atoms with Crippen LogP contribution in [-0.2, 0) is 0 Å². The molecular formula is C13H18N. The van der Waals surface area contributed by atoms with E-state index in [0.717, 1.165) is 5.92 Å². The number of hydrogen-bond donors (Lipinski definition) is 0. The molecule has 14 heavy (non-hydrogen) atoms. The molecular weight excluding hydrogens is 170 g/mol. The largest absolute Gasteiger partial charge is 0.372 e. The van der Waals surface area contributed by atoms with E-state index in [1.165, 1.54) is 37.2 Å². The first-order chi connectivity index (χ1) is 6.75. The lowest BCUT2D eigenvalue weighted by Gasteiger charge is -2.32. The maximum Gasteiger partial charge on any atom is 0.0369 e. The smallest absolute Gasteiger partial charge is 0.0369 e. The Morgan fingerprint density at radius 3 is 2.71 bits per heavy atom. The highest BCUT2D eigenvalue weighted by Gasteiger charge is 2.15. The summed E-state index contributed by atoms with van der Waals surface area (Å²) < 4.78 is 0. The molecule has 1 saturated heterocycles. The van der Waals surface area contributed by atoms with Gasteiger partial charge in [-0.2, -0.15) is 0 Å². The minimum Gasteiger partial charge on any atom is -0.372 e. The Bertz CT molecular complexity index is 298. The number of benzene rings is 1. The zero-order valence-electron chi connectivity index (χ0n) is 9.09. The van der Waals surface area contributed by atoms with Crippen LogP contribution in [0.1, 0.15) is 25.3 Å². The fraction of sp³-hybridized carbons (Fsp3) is 0.538. The van der Waals surface area contributed by atoms with Gasteiger partial charge in [0, 0.05) is 18.8 Å². The highest BCUT2D eigenvalue weighted by atomic mass is 15.1. The molecule has 0 spiro atoms. The van der Waals surface area contributed by atoms with E-state index >= 15 is 0 Å². The average Bonchev–Trinajstić information content (AvgIpc) is 2.19. The van der Waals surface area contributed by atoms with Gasteiger partial charge in [0.15, 0.2) is 0 Å². The molecule has 0 amide bonds. The molecule has 0 unspecified atom stereocenters. The van der Waals surface area contributed by atoms with Crippen LogP contribution in [0.3, 0.4) is 0 Å². The molecule has 1 aliphatic heterocycles. The van der Waals surface area contributed by atoms with Crippen LogP contribution in [0, 0.1) is 18.9 Å². The summed E-state index contributed by atoms with van der Waals surface area (Å²) in [5.74, 6) is 0.905. The van der Waals surface area contributed by atoms with Gasteiger partial charge in [0.2, 0.25) is 0 Å². The topological polar surface area (TPSA) is 3.24 Å². The molecule has 1 nitrogen and oxygen atoms in total. The number of anilines is 1. The summed E-state index contributed by atoms with van der Waals surface area (Å²) in [7, 11) is 0. The second kappa shape index (κ2) is 4.04. The highest BCUT2D eigenvalue weighted by molar-refractivity contribution is 5.48. The van der Waals surface area contributed by atoms with Crippen molar-refractivity contribution in [2.75, 3.05) is 18.0 Å². The third kappa shape index (κ3) is 2.09. The van der Waals surface area contributed by atoms with Gasteiger partial charge in [-0.05, 0) is 49.4 Å². The summed E-state index contributed by atoms with van der Waals surface area (Å²) in [5.41, 5.74) is 2.61. The van der Waals surface area contributed by atoms with Crippen molar-refractivity contribution in [1.29, 1.82) is 0 Å². The fourth-order valence-corrected chi connectivity index (χ4v) is 2.03. The lowest BCUT2D eigenvalue weighted by molar-refractivity contribution is 0.438. The third-order valence-corrected chi connectivity index (χ3v) is 3.08. The molecule has 1 aromatic carbocycles. The van der Waals surface area contributed by atoms with E-state index in [4.69, 9.17) is 0 Å². The van der Waals surface area contributed by atoms with Crippen molar-refractivity contribution in [3.05, 3.63) is 29.8 Å². The zero-order chi connectivity index (χ0) is 9.97. The first-order valence-electron chi connectivity index (χ1n) is 5.49. The van der Waals surface area contributed by atoms with E-state index in [0.29, 0.717) is 0 Å². The number of rotatable bonds is 1. The first kappa shape index (κ1) is 9.57. The van der Waals surface area contributed by atoms with Crippen molar-refractivity contribution >= 4 is 5.69 Å². The van der Waals surface area contributed by atoms with Crippen molar-refractivity contribution in [2.24, 2.45) is 5.92 Å². The van der Waals surface area contributed by atoms with E-state index in [1.807, 2.05) is 6.07 Å². The molecule has 2 rings (SSSR count). The van der Waals surface area contributed by atoms with Crippen LogP contribution in [-0.4, -0.2) is 13.1 Å². The van der Waals surface area contributed by atoms with E-state index in [9.17, 15) is 0 Å². The van der Waals surface area contributed by atoms with Crippen LogP contribution in [0.15, 0.2) is 18.2 Å². The number of aryl methyl sites for hydroxylation is 1. The van der Waals surface area contributed by atoms with Crippen LogP contribution in [0.4, 0.5) is 5.69 Å². The van der Waals surface area contributed by atoms with Crippen molar-refractivity contribution < 1.29 is 0 Å². The minimum atomic E-state index is 0.905. The number of nitrogens with zero attached hydrogens (tertiary/aromatic N) is 1. The Hall–Kier alpha value is -0.980. The zero-order valence-corrected chi connectivity index (χ0v) is 9.09. The summed E-state index contributed by atoms with van der Waals surface area (Å²) in [4.78, 5) is 2.49. The quantitative estimate of drug-likeness (QED) is 0.654. The fourth-order valence-electron chi connectivity index (χ4n) is 2.03. The third-order valence-electron chi connectivity index (χ3n) is 3.08. The van der Waals surface area contributed by atoms with Gasteiger partial charge in [0.1, 0.15) is 0 Å². The Morgan fingerprint density at radius 2 is 2.07 bits per heavy atom. The van der Waals surface area contributed by atoms with Crippen LogP contribution >= 0.6 is 0 Å². The molecule has 0 N–H and O–H groups in total. The Morgan fingerprint density at radius 1 is 1.36 bits per heavy atom. The van der Waals surface area contributed by atoms with Crippen LogP contribution in [0.2, 0.25) is 0 Å². The summed E-state index contributed by atoms with van der Waals surface area (Å²) in [6, 6.07) is 9.63. The average molecular weight is 188 g/mol. The molecule has 1 aliphatic rings. The van der Waals surface area contributed by atoms with Crippen molar-refractivity contribution in [3.63, 3.8) is 0 Å². The molecule has 0 aromatic heterocycles. The van der Waals surface area contributed by atoms with Crippen molar-refractivity contribution in [3.8, 4) is 0 Å². The van der Waals surface area contributed by atoms with Gasteiger partial charge in [-0.1, -0.05) is 13.0 Å². The Labute approximate surface area is 86.7 Å². The minimum absolute atomic E-state index is 0.905. The van der Waals surface area contributed by atoms with E-state index < -0.39 is 0 Å². The predicted octanol–water partition coefficient (Wildman–Crippen LogP) is 3.03. The van der Waals surface area contributed by atoms with Crippen molar-refractivity contribution in [1.82, 2.24) is 0 Å². The van der Waals surface area contributed by atoms with Gasteiger partial charge >= 0.3 is 0 Å². The maximum absolute atomic E-state index is 3.19. The predicted molar refractivity (Wildman–Crippen MR) is 60.6 cm³/mol. The first-order valence-corrected chi connectivity index (χ1v) is 5.49. The Kier molecular flexibility index (Phi) is 2.76. The van der Waals surface area contributed by atoms with Gasteiger partial charge in [-0.15, -0.1) is 0 Å². The molecule has 1 radical (unpaired) electrons. The lowest BCUT2D eigenvalue weighted by Crippen LogP contribution is -2.32. The second-order valence-electron chi connectivity index (χ2n) is 4.40. The summed E-state index contributed by atoms with van der Waals surface area (Å²) >= 11 is 0. The summed E-state index contributed by atoms with van der Waals surface area (Å²) in [6.45, 7) is 6.88. The van der Waals surface area contributed by atoms with E-state index in [2.05, 4.69) is 36.9 Å². The number of piperidine rings is 1. The molecule has 1 heteroatoms. The number of hydrogen-bond acceptors (Lipinski definition) is 1. The molecule has 0 bridgehead atoms. The molecule has 1 heterocycles. The molecule has 0 aliphatic carbocycles. The van der Waals surface area contributed by atoms with Crippen LogP contribution in [0.5, 0.6) is 0 Å². The second-order valence-corrected chi connectivity index (χ2v) is 4.40. The van der Waals surface area contributed by atoms with E-state index in [1.54, 1.807) is 0 Å². The SMILES string of the molecule is Cc1[c]ccc(N2CCC(C)CC2)c1. The Balaban J connectivity index is 2.08. The summed E-state index contributed by atoms with van der Waals surface area (Å²) in [6.07, 6.45) is 2.66. The van der Waals surface area contributed by atoms with Crippen LogP contribution < -0.4 is 4.90 Å². The molecule has 1 aromatic rings. The lowest BCUT2D eigenvalue weighted by atomic mass is 9.98. The van der Waals surface area contributed by atoms with Gasteiger partial charge in [-0.25, -0.2) is 0 Å².